The number of benzene rings is 2. The zero-order valence-electron chi connectivity index (χ0n) is 16.3. The second-order valence-corrected chi connectivity index (χ2v) is 6.73. The van der Waals surface area contributed by atoms with Crippen LogP contribution in [0.4, 0.5) is 20.6 Å². The Morgan fingerprint density at radius 2 is 1.83 bits per heavy atom. The Hall–Kier alpha value is -3.29. The van der Waals surface area contributed by atoms with Crippen LogP contribution in [0.15, 0.2) is 42.5 Å². The summed E-state index contributed by atoms with van der Waals surface area (Å²) < 4.78 is 19.4. The molecule has 1 fully saturated rings. The van der Waals surface area contributed by atoms with E-state index in [4.69, 9.17) is 4.74 Å². The SMILES string of the molecule is COc1cccc(C(=O)NCCNC(=O)Nc2ccc(N3CCCC3)c(F)c2)c1. The summed E-state index contributed by atoms with van der Waals surface area (Å²) in [6, 6.07) is 11.0. The van der Waals surface area contributed by atoms with E-state index in [1.807, 2.05) is 4.90 Å². The van der Waals surface area contributed by atoms with E-state index in [1.165, 1.54) is 13.2 Å². The minimum absolute atomic E-state index is 0.232. The fourth-order valence-corrected chi connectivity index (χ4v) is 3.19. The molecule has 29 heavy (non-hydrogen) atoms. The van der Waals surface area contributed by atoms with Gasteiger partial charge in [-0.15, -0.1) is 0 Å². The van der Waals surface area contributed by atoms with Crippen molar-refractivity contribution in [2.24, 2.45) is 0 Å². The molecule has 154 valence electrons. The molecule has 0 radical (unpaired) electrons. The highest BCUT2D eigenvalue weighted by atomic mass is 19.1. The average molecular weight is 400 g/mol. The van der Waals surface area contributed by atoms with Crippen molar-refractivity contribution in [2.75, 3.05) is 43.5 Å². The number of hydrogen-bond acceptors (Lipinski definition) is 4. The van der Waals surface area contributed by atoms with E-state index in [-0.39, 0.29) is 24.8 Å². The molecular formula is C21H25FN4O3. The molecule has 3 N–H and O–H groups in total. The van der Waals surface area contributed by atoms with Crippen LogP contribution in [-0.2, 0) is 0 Å². The predicted molar refractivity (Wildman–Crippen MR) is 110 cm³/mol. The van der Waals surface area contributed by atoms with Crippen LogP contribution >= 0.6 is 0 Å². The minimum Gasteiger partial charge on any atom is -0.497 e. The molecule has 3 amide bonds. The van der Waals surface area contributed by atoms with Crippen molar-refractivity contribution in [2.45, 2.75) is 12.8 Å². The molecule has 2 aromatic rings. The molecule has 0 bridgehead atoms. The highest BCUT2D eigenvalue weighted by Gasteiger charge is 2.16. The number of carbonyl (C=O) groups is 2. The number of hydrogen-bond donors (Lipinski definition) is 3. The Balaban J connectivity index is 1.41. The van der Waals surface area contributed by atoms with Gasteiger partial charge in [0.15, 0.2) is 0 Å². The number of nitrogens with zero attached hydrogens (tertiary/aromatic N) is 1. The third-order valence-corrected chi connectivity index (χ3v) is 4.68. The van der Waals surface area contributed by atoms with Crippen LogP contribution in [0.3, 0.4) is 0 Å². The van der Waals surface area contributed by atoms with E-state index >= 15 is 0 Å². The Bertz CT molecular complexity index is 869. The van der Waals surface area contributed by atoms with Crippen molar-refractivity contribution >= 4 is 23.3 Å². The van der Waals surface area contributed by atoms with Gasteiger partial charge >= 0.3 is 6.03 Å². The average Bonchev–Trinajstić information content (AvgIpc) is 3.25. The number of rotatable bonds is 7. The van der Waals surface area contributed by atoms with Crippen LogP contribution in [-0.4, -0.2) is 45.2 Å². The Morgan fingerprint density at radius 3 is 2.55 bits per heavy atom. The maximum absolute atomic E-state index is 14.3. The van der Waals surface area contributed by atoms with Gasteiger partial charge in [0.1, 0.15) is 11.6 Å². The van der Waals surface area contributed by atoms with Gasteiger partial charge in [0.2, 0.25) is 0 Å². The summed E-state index contributed by atoms with van der Waals surface area (Å²) in [7, 11) is 1.53. The number of methoxy groups -OCH3 is 1. The molecule has 1 aliphatic rings. The van der Waals surface area contributed by atoms with E-state index in [1.54, 1.807) is 36.4 Å². The molecule has 0 unspecified atom stereocenters. The topological polar surface area (TPSA) is 82.7 Å². The van der Waals surface area contributed by atoms with Crippen LogP contribution in [0, 0.1) is 5.82 Å². The Labute approximate surface area is 169 Å². The van der Waals surface area contributed by atoms with E-state index in [0.717, 1.165) is 25.9 Å². The number of nitrogens with one attached hydrogen (secondary N) is 3. The molecule has 0 aromatic heterocycles. The van der Waals surface area contributed by atoms with Crippen LogP contribution in [0.2, 0.25) is 0 Å². The van der Waals surface area contributed by atoms with Crippen LogP contribution < -0.4 is 25.6 Å². The minimum atomic E-state index is -0.464. The van der Waals surface area contributed by atoms with Gasteiger partial charge in [-0.25, -0.2) is 9.18 Å². The summed E-state index contributed by atoms with van der Waals surface area (Å²) >= 11 is 0. The number of halogens is 1. The van der Waals surface area contributed by atoms with Crippen molar-refractivity contribution in [1.82, 2.24) is 10.6 Å². The smallest absolute Gasteiger partial charge is 0.319 e. The Kier molecular flexibility index (Phi) is 6.89. The summed E-state index contributed by atoms with van der Waals surface area (Å²) in [6.45, 7) is 2.19. The molecular weight excluding hydrogens is 375 g/mol. The van der Waals surface area contributed by atoms with Crippen molar-refractivity contribution in [3.63, 3.8) is 0 Å². The summed E-state index contributed by atoms with van der Waals surface area (Å²) in [5.74, 6) is -0.0148. The summed E-state index contributed by atoms with van der Waals surface area (Å²) in [5.41, 5.74) is 1.42. The van der Waals surface area contributed by atoms with Crippen LogP contribution in [0.5, 0.6) is 5.75 Å². The number of ether oxygens (including phenoxy) is 1. The maximum Gasteiger partial charge on any atom is 0.319 e. The van der Waals surface area contributed by atoms with Gasteiger partial charge in [-0.1, -0.05) is 6.07 Å². The van der Waals surface area contributed by atoms with E-state index in [9.17, 15) is 14.0 Å². The highest BCUT2D eigenvalue weighted by Crippen LogP contribution is 2.26. The van der Waals surface area contributed by atoms with E-state index in [0.29, 0.717) is 22.7 Å². The lowest BCUT2D eigenvalue weighted by Gasteiger charge is -2.19. The predicted octanol–water partition coefficient (Wildman–Crippen LogP) is 2.99. The van der Waals surface area contributed by atoms with Crippen molar-refractivity contribution in [3.8, 4) is 5.75 Å². The molecule has 8 heteroatoms. The normalized spacial score (nSPS) is 13.1. The first kappa shape index (κ1) is 20.4. The monoisotopic (exact) mass is 400 g/mol. The highest BCUT2D eigenvalue weighted by molar-refractivity contribution is 5.94. The maximum atomic E-state index is 14.3. The van der Waals surface area contributed by atoms with E-state index < -0.39 is 6.03 Å². The van der Waals surface area contributed by atoms with Gasteiger partial charge in [-0.3, -0.25) is 4.79 Å². The first-order valence-electron chi connectivity index (χ1n) is 9.58. The number of amides is 3. The second kappa shape index (κ2) is 9.77. The molecule has 0 spiro atoms. The summed E-state index contributed by atoms with van der Waals surface area (Å²) in [6.07, 6.45) is 2.13. The number of urea groups is 1. The summed E-state index contributed by atoms with van der Waals surface area (Å²) in [5, 5.41) is 7.94. The molecule has 3 rings (SSSR count). The van der Waals surface area contributed by atoms with Crippen molar-refractivity contribution in [3.05, 3.63) is 53.8 Å². The molecule has 1 saturated heterocycles. The molecule has 1 aliphatic heterocycles. The first-order chi connectivity index (χ1) is 14.1. The van der Waals surface area contributed by atoms with Gasteiger partial charge in [0.05, 0.1) is 12.8 Å². The van der Waals surface area contributed by atoms with Gasteiger partial charge in [0, 0.05) is 37.4 Å². The van der Waals surface area contributed by atoms with Crippen LogP contribution in [0.25, 0.3) is 0 Å². The van der Waals surface area contributed by atoms with Crippen LogP contribution in [0.1, 0.15) is 23.2 Å². The lowest BCUT2D eigenvalue weighted by molar-refractivity contribution is 0.0953. The molecule has 0 saturated carbocycles. The lowest BCUT2D eigenvalue weighted by Crippen LogP contribution is -2.36. The molecule has 2 aromatic carbocycles. The second-order valence-electron chi connectivity index (χ2n) is 6.73. The summed E-state index contributed by atoms with van der Waals surface area (Å²) in [4.78, 5) is 26.1. The standard InChI is InChI=1S/C21H25FN4O3/c1-29-17-6-4-5-15(13-17)20(27)23-9-10-24-21(28)25-16-7-8-19(18(22)14-16)26-11-2-3-12-26/h4-8,13-14H,2-3,9-12H2,1H3,(H,23,27)(H2,24,25,28). The zero-order chi connectivity index (χ0) is 20.6. The van der Waals surface area contributed by atoms with Gasteiger partial charge in [-0.05, 0) is 49.2 Å². The quantitative estimate of drug-likeness (QED) is 0.624. The number of carbonyl (C=O) groups excluding carboxylic acids is 2. The number of anilines is 2. The largest absolute Gasteiger partial charge is 0.497 e. The third kappa shape index (κ3) is 5.60. The fourth-order valence-electron chi connectivity index (χ4n) is 3.19. The third-order valence-electron chi connectivity index (χ3n) is 4.68. The van der Waals surface area contributed by atoms with Gasteiger partial charge in [0.25, 0.3) is 5.91 Å². The molecule has 7 nitrogen and oxygen atoms in total. The van der Waals surface area contributed by atoms with Gasteiger partial charge in [-0.2, -0.15) is 0 Å². The van der Waals surface area contributed by atoms with Crippen molar-refractivity contribution < 1.29 is 18.7 Å². The first-order valence-corrected chi connectivity index (χ1v) is 9.58. The molecule has 0 aliphatic carbocycles. The lowest BCUT2D eigenvalue weighted by atomic mass is 10.2. The zero-order valence-corrected chi connectivity index (χ0v) is 16.3. The van der Waals surface area contributed by atoms with Crippen molar-refractivity contribution in [1.29, 1.82) is 0 Å². The Morgan fingerprint density at radius 1 is 1.07 bits per heavy atom. The molecule has 0 atom stereocenters. The van der Waals surface area contributed by atoms with Gasteiger partial charge < -0.3 is 25.6 Å². The molecule has 1 heterocycles. The fraction of sp³-hybridized carbons (Fsp3) is 0.333. The van der Waals surface area contributed by atoms with E-state index in [2.05, 4.69) is 16.0 Å².